The second-order valence-electron chi connectivity index (χ2n) is 7.38. The van der Waals surface area contributed by atoms with Crippen LogP contribution < -0.4 is 5.01 Å². The van der Waals surface area contributed by atoms with E-state index in [4.69, 9.17) is 0 Å². The Morgan fingerprint density at radius 2 is 1.58 bits per heavy atom. The summed E-state index contributed by atoms with van der Waals surface area (Å²) in [4.78, 5) is 0. The average molecular weight is 403 g/mol. The van der Waals surface area contributed by atoms with E-state index in [0.717, 1.165) is 39.0 Å². The van der Waals surface area contributed by atoms with Crippen LogP contribution in [0.5, 0.6) is 0 Å². The van der Waals surface area contributed by atoms with Crippen molar-refractivity contribution in [3.8, 4) is 22.5 Å². The molecule has 0 bridgehead atoms. The molecule has 148 valence electrons. The molecule has 7 nitrogen and oxygen atoms in total. The van der Waals surface area contributed by atoms with Gasteiger partial charge in [-0.2, -0.15) is 5.21 Å². The van der Waals surface area contributed by atoms with Crippen molar-refractivity contribution >= 4 is 22.1 Å². The van der Waals surface area contributed by atoms with Crippen molar-refractivity contribution in [2.24, 2.45) is 10.3 Å². The van der Waals surface area contributed by atoms with Gasteiger partial charge in [-0.1, -0.05) is 78.0 Å². The molecule has 1 aliphatic heterocycles. The maximum Gasteiger partial charge on any atom is 0.205 e. The largest absolute Gasteiger partial charge is 0.242 e. The number of nitrogens with one attached hydrogen (secondary N) is 1. The minimum atomic E-state index is 0.583. The number of hydrogen-bond acceptors (Lipinski definition) is 6. The quantitative estimate of drug-likeness (QED) is 0.417. The van der Waals surface area contributed by atoms with E-state index in [-0.39, 0.29) is 0 Å². The molecular formula is C24H17N7. The molecule has 4 aromatic carbocycles. The number of aromatic nitrogens is 4. The van der Waals surface area contributed by atoms with Crippen LogP contribution >= 0.6 is 0 Å². The van der Waals surface area contributed by atoms with Gasteiger partial charge in [0, 0.05) is 10.9 Å². The van der Waals surface area contributed by atoms with Crippen molar-refractivity contribution in [1.82, 2.24) is 20.6 Å². The second-order valence-corrected chi connectivity index (χ2v) is 7.38. The monoisotopic (exact) mass is 403 g/mol. The van der Waals surface area contributed by atoms with Gasteiger partial charge in [-0.05, 0) is 39.4 Å². The number of tetrazole rings is 1. The van der Waals surface area contributed by atoms with E-state index in [0.29, 0.717) is 12.4 Å². The minimum absolute atomic E-state index is 0.583. The topological polar surface area (TPSA) is 82.4 Å². The van der Waals surface area contributed by atoms with Crippen molar-refractivity contribution in [3.05, 3.63) is 90.5 Å². The van der Waals surface area contributed by atoms with E-state index in [1.165, 1.54) is 5.39 Å². The number of anilines is 1. The normalized spacial score (nSPS) is 12.5. The van der Waals surface area contributed by atoms with Gasteiger partial charge in [0.25, 0.3) is 0 Å². The maximum atomic E-state index is 4.45. The lowest BCUT2D eigenvalue weighted by Gasteiger charge is -2.23. The zero-order chi connectivity index (χ0) is 20.6. The SMILES string of the molecule is c1ccc(-c2nn[nH]n2)c(-c2ccc(CN3N=Nc4cccc5cccc3c45)cc2)c1. The molecule has 2 heterocycles. The van der Waals surface area contributed by atoms with Crippen LogP contribution in [0.1, 0.15) is 5.56 Å². The molecule has 1 N–H and O–H groups in total. The number of rotatable bonds is 4. The van der Waals surface area contributed by atoms with Gasteiger partial charge in [0.15, 0.2) is 0 Å². The lowest BCUT2D eigenvalue weighted by Crippen LogP contribution is -2.16. The molecule has 0 atom stereocenters. The number of aromatic amines is 1. The molecule has 31 heavy (non-hydrogen) atoms. The summed E-state index contributed by atoms with van der Waals surface area (Å²) in [6, 6.07) is 28.9. The zero-order valence-corrected chi connectivity index (χ0v) is 16.5. The Labute approximate surface area is 178 Å². The Morgan fingerprint density at radius 1 is 0.774 bits per heavy atom. The molecule has 0 amide bonds. The van der Waals surface area contributed by atoms with E-state index in [2.05, 4.69) is 85.6 Å². The molecule has 0 saturated heterocycles. The van der Waals surface area contributed by atoms with Gasteiger partial charge in [0.2, 0.25) is 5.82 Å². The van der Waals surface area contributed by atoms with Crippen LogP contribution in [-0.2, 0) is 6.54 Å². The molecule has 1 aromatic heterocycles. The van der Waals surface area contributed by atoms with Crippen LogP contribution in [0.15, 0.2) is 95.3 Å². The first-order chi connectivity index (χ1) is 15.4. The van der Waals surface area contributed by atoms with Crippen molar-refractivity contribution in [3.63, 3.8) is 0 Å². The van der Waals surface area contributed by atoms with Crippen LogP contribution in [0.4, 0.5) is 11.4 Å². The van der Waals surface area contributed by atoms with E-state index in [1.807, 2.05) is 35.3 Å². The highest BCUT2D eigenvalue weighted by molar-refractivity contribution is 6.02. The second kappa shape index (κ2) is 7.14. The summed E-state index contributed by atoms with van der Waals surface area (Å²) < 4.78 is 0. The molecule has 5 aromatic rings. The first kappa shape index (κ1) is 17.5. The molecule has 6 rings (SSSR count). The zero-order valence-electron chi connectivity index (χ0n) is 16.5. The molecule has 0 saturated carbocycles. The van der Waals surface area contributed by atoms with Gasteiger partial charge in [-0.15, -0.1) is 15.3 Å². The highest BCUT2D eigenvalue weighted by Crippen LogP contribution is 2.39. The highest BCUT2D eigenvalue weighted by Gasteiger charge is 2.17. The standard InChI is InChI=1S/C24H17N7/c1-2-8-20(24-26-28-29-27-24)19(7-1)17-13-11-16(12-14-17)15-31-22-10-4-6-18-5-3-9-21(23(18)22)25-30-31/h1-14H,15H2,(H,26,27,28,29). The first-order valence-electron chi connectivity index (χ1n) is 10.00. The lowest BCUT2D eigenvalue weighted by atomic mass is 9.98. The lowest BCUT2D eigenvalue weighted by molar-refractivity contribution is 0.800. The summed E-state index contributed by atoms with van der Waals surface area (Å²) in [5.74, 6) is 0.583. The molecule has 0 radical (unpaired) electrons. The summed E-state index contributed by atoms with van der Waals surface area (Å²) in [7, 11) is 0. The van der Waals surface area contributed by atoms with Crippen molar-refractivity contribution in [2.45, 2.75) is 6.54 Å². The van der Waals surface area contributed by atoms with E-state index in [9.17, 15) is 0 Å². The molecule has 7 heteroatoms. The van der Waals surface area contributed by atoms with E-state index >= 15 is 0 Å². The van der Waals surface area contributed by atoms with Crippen LogP contribution in [0.25, 0.3) is 33.3 Å². The van der Waals surface area contributed by atoms with Gasteiger partial charge in [0.1, 0.15) is 0 Å². The molecular weight excluding hydrogens is 386 g/mol. The van der Waals surface area contributed by atoms with Crippen molar-refractivity contribution < 1.29 is 0 Å². The smallest absolute Gasteiger partial charge is 0.205 e. The first-order valence-corrected chi connectivity index (χ1v) is 10.00. The summed E-state index contributed by atoms with van der Waals surface area (Å²) in [6.07, 6.45) is 0. The summed E-state index contributed by atoms with van der Waals surface area (Å²) in [6.45, 7) is 0.643. The van der Waals surface area contributed by atoms with Gasteiger partial charge in [-0.3, -0.25) is 0 Å². The summed E-state index contributed by atoms with van der Waals surface area (Å²) in [5, 5.41) is 27.6. The number of nitrogens with zero attached hydrogens (tertiary/aromatic N) is 6. The van der Waals surface area contributed by atoms with E-state index < -0.39 is 0 Å². The Bertz CT molecular complexity index is 1400. The Morgan fingerprint density at radius 3 is 2.39 bits per heavy atom. The highest BCUT2D eigenvalue weighted by atomic mass is 15.5. The van der Waals surface area contributed by atoms with Gasteiger partial charge in [-0.25, -0.2) is 5.01 Å². The van der Waals surface area contributed by atoms with E-state index in [1.54, 1.807) is 0 Å². The third kappa shape index (κ3) is 3.03. The van der Waals surface area contributed by atoms with Crippen LogP contribution in [0, 0.1) is 0 Å². The molecule has 1 aliphatic rings. The Balaban J connectivity index is 1.31. The Kier molecular flexibility index (Phi) is 4.02. The maximum absolute atomic E-state index is 4.45. The number of benzene rings is 4. The average Bonchev–Trinajstić information content (AvgIpc) is 3.37. The fourth-order valence-electron chi connectivity index (χ4n) is 4.04. The predicted molar refractivity (Wildman–Crippen MR) is 120 cm³/mol. The molecule has 0 unspecified atom stereocenters. The van der Waals surface area contributed by atoms with Crippen LogP contribution in [0.2, 0.25) is 0 Å². The summed E-state index contributed by atoms with van der Waals surface area (Å²) >= 11 is 0. The molecule has 0 fully saturated rings. The van der Waals surface area contributed by atoms with Crippen molar-refractivity contribution in [2.75, 3.05) is 5.01 Å². The number of hydrogen-bond donors (Lipinski definition) is 1. The summed E-state index contributed by atoms with van der Waals surface area (Å²) in [5.41, 5.74) is 6.24. The molecule has 0 aliphatic carbocycles. The minimum Gasteiger partial charge on any atom is -0.242 e. The molecule has 0 spiro atoms. The predicted octanol–water partition coefficient (Wildman–Crippen LogP) is 5.71. The Hall–Kier alpha value is -4.39. The van der Waals surface area contributed by atoms with Crippen LogP contribution in [0.3, 0.4) is 0 Å². The third-order valence-electron chi connectivity index (χ3n) is 5.51. The number of H-pyrrole nitrogens is 1. The third-order valence-corrected chi connectivity index (χ3v) is 5.51. The fourth-order valence-corrected chi connectivity index (χ4v) is 4.04. The van der Waals surface area contributed by atoms with Crippen LogP contribution in [-0.4, -0.2) is 20.6 Å². The van der Waals surface area contributed by atoms with Gasteiger partial charge >= 0.3 is 0 Å². The fraction of sp³-hybridized carbons (Fsp3) is 0.0417. The van der Waals surface area contributed by atoms with Gasteiger partial charge < -0.3 is 0 Å². The van der Waals surface area contributed by atoms with Crippen molar-refractivity contribution in [1.29, 1.82) is 0 Å². The van der Waals surface area contributed by atoms with Gasteiger partial charge in [0.05, 0.1) is 17.9 Å².